The summed E-state index contributed by atoms with van der Waals surface area (Å²) in [4.78, 5) is 157. The molecule has 2 aromatic heterocycles. The summed E-state index contributed by atoms with van der Waals surface area (Å²) in [7, 11) is -7.48. The molecule has 0 unspecified atom stereocenters. The third-order valence-corrected chi connectivity index (χ3v) is 13.3. The molecule has 0 radical (unpaired) electrons. The summed E-state index contributed by atoms with van der Waals surface area (Å²) in [5, 5.41) is 37.9. The summed E-state index contributed by atoms with van der Waals surface area (Å²) in [6, 6.07) is -5.78. The van der Waals surface area contributed by atoms with Crippen LogP contribution in [-0.2, 0) is 78.2 Å². The number of aryl methyl sites for hydroxylation is 2. The van der Waals surface area contributed by atoms with Crippen molar-refractivity contribution in [2.75, 3.05) is 32.5 Å². The van der Waals surface area contributed by atoms with Crippen molar-refractivity contribution in [3.63, 3.8) is 0 Å². The third-order valence-electron chi connectivity index (χ3n) is 11.7. The smallest absolute Gasteiger partial charge is 0.327 e. The molecule has 0 spiro atoms. The Morgan fingerprint density at radius 1 is 0.595 bits per heavy atom. The molecular formula is C43H73N13O16P2. The number of nitrogens with zero attached hydrogens (tertiary/aromatic N) is 6. The van der Waals surface area contributed by atoms with Gasteiger partial charge in [-0.15, -0.1) is 10.2 Å². The van der Waals surface area contributed by atoms with Crippen molar-refractivity contribution in [3.05, 3.63) is 23.8 Å². The maximum Gasteiger partial charge on any atom is 0.327 e. The van der Waals surface area contributed by atoms with Gasteiger partial charge in [-0.05, 0) is 46.6 Å². The minimum Gasteiger partial charge on any atom is -0.396 e. The maximum absolute atomic E-state index is 14.0. The minimum absolute atomic E-state index is 0.106. The molecule has 9 atom stereocenters. The summed E-state index contributed by atoms with van der Waals surface area (Å²) in [6.45, 7) is 6.14. The van der Waals surface area contributed by atoms with Crippen LogP contribution in [0.15, 0.2) is 12.4 Å². The molecule has 0 aliphatic carbocycles. The Balaban J connectivity index is 2.30. The number of hydrogen-bond acceptors (Lipinski definition) is 18. The fourth-order valence-electron chi connectivity index (χ4n) is 7.14. The SMILES string of the molecule is CNC(=O)[C@H](CO)CC(=O)[C@H](CCCCN)NC(=O)[C@H](C)CC(=O)[C@H](Cc1cn(CCP(=O)(O)O)nn1)NC(=O)[C@H](C)CC(=O)[C@H](C)NC(=O)[C@@H](CC(=O)[C@H](C)NC(=O)[C@H](C)N)Cc1cn(CCP(=O)(O)O)nn1. The Hall–Kier alpha value is -5.51. The molecule has 2 rings (SSSR count). The van der Waals surface area contributed by atoms with E-state index in [-0.39, 0.29) is 50.2 Å². The maximum atomic E-state index is 14.0. The quantitative estimate of drug-likeness (QED) is 0.0233. The molecule has 0 aliphatic rings. The summed E-state index contributed by atoms with van der Waals surface area (Å²) >= 11 is 0. The summed E-state index contributed by atoms with van der Waals surface area (Å²) in [6.07, 6.45) is 0.204. The van der Waals surface area contributed by atoms with Crippen molar-refractivity contribution >= 4 is 67.9 Å². The van der Waals surface area contributed by atoms with E-state index in [1.54, 1.807) is 0 Å². The molecule has 74 heavy (non-hydrogen) atoms. The van der Waals surface area contributed by atoms with Gasteiger partial charge in [-0.3, -0.25) is 61.6 Å². The number of rotatable bonds is 36. The zero-order valence-electron chi connectivity index (χ0n) is 42.4. The lowest BCUT2D eigenvalue weighted by Gasteiger charge is -2.24. The number of nitrogens with two attached hydrogens (primary N) is 2. The minimum atomic E-state index is -4.43. The van der Waals surface area contributed by atoms with Crippen LogP contribution in [0.3, 0.4) is 0 Å². The highest BCUT2D eigenvalue weighted by Gasteiger charge is 2.34. The molecular weight excluding hydrogens is 1020 g/mol. The predicted molar refractivity (Wildman–Crippen MR) is 262 cm³/mol. The van der Waals surface area contributed by atoms with E-state index in [1.807, 2.05) is 0 Å². The molecule has 0 aliphatic heterocycles. The fourth-order valence-corrected chi connectivity index (χ4v) is 8.07. The van der Waals surface area contributed by atoms with E-state index < -0.39 is 160 Å². The van der Waals surface area contributed by atoms with Gasteiger partial charge in [0, 0.05) is 69.8 Å². The number of amides is 5. The summed E-state index contributed by atoms with van der Waals surface area (Å²) in [5.41, 5.74) is 11.5. The predicted octanol–water partition coefficient (Wildman–Crippen LogP) is -3.45. The van der Waals surface area contributed by atoms with Crippen molar-refractivity contribution in [3.8, 4) is 0 Å². The lowest BCUT2D eigenvalue weighted by atomic mass is 9.92. The second-order valence-electron chi connectivity index (χ2n) is 18.5. The van der Waals surface area contributed by atoms with Crippen molar-refractivity contribution in [1.29, 1.82) is 0 Å². The summed E-state index contributed by atoms with van der Waals surface area (Å²) in [5.74, 6) is -10.5. The standard InChI is InChI=1S/C43H73N13O16P2/c1-24(15-35(58)27(4)48-43(66)29(18-36(59)28(5)47-41(64)26(3)45)17-31-21-55(53-51-31)11-13-73(67,68)69)40(63)50-34(20-32-22-56(54-52-32)12-14-74(70,71)72)37(60)16-25(2)39(62)49-33(9-7-8-10-44)38(61)19-30(23-57)42(65)46-6/h21-22,24-30,33-34,57H,7-20,23,44-45H2,1-6H3,(H,46,65)(H,47,64)(H,48,66)(H,49,62)(H,50,63)(H2,67,68,69)(H2,70,71,72)/t24-,25-,26+,27+,28+,29-,30+,33+,34+/m1/s1. The number of nitrogens with one attached hydrogen (secondary N) is 5. The number of carbonyl (C=O) groups excluding carboxylic acids is 9. The highest BCUT2D eigenvalue weighted by molar-refractivity contribution is 7.52. The molecule has 416 valence electrons. The molecule has 29 nitrogen and oxygen atoms in total. The van der Waals surface area contributed by atoms with E-state index in [2.05, 4.69) is 47.2 Å². The zero-order chi connectivity index (χ0) is 56.1. The van der Waals surface area contributed by atoms with Crippen molar-refractivity contribution in [2.45, 2.75) is 136 Å². The van der Waals surface area contributed by atoms with Gasteiger partial charge in [-0.25, -0.2) is 0 Å². The number of hydrogen-bond donors (Lipinski definition) is 12. The van der Waals surface area contributed by atoms with Crippen LogP contribution in [0.25, 0.3) is 0 Å². The molecule has 0 saturated carbocycles. The van der Waals surface area contributed by atoms with Gasteiger partial charge in [0.05, 0.1) is 85.5 Å². The van der Waals surface area contributed by atoms with E-state index in [9.17, 15) is 77.0 Å². The van der Waals surface area contributed by atoms with Gasteiger partial charge in [0.1, 0.15) is 0 Å². The van der Waals surface area contributed by atoms with Crippen LogP contribution in [0.1, 0.15) is 91.0 Å². The van der Waals surface area contributed by atoms with E-state index in [1.165, 1.54) is 54.1 Å². The largest absolute Gasteiger partial charge is 0.396 e. The van der Waals surface area contributed by atoms with Gasteiger partial charge in [-0.1, -0.05) is 24.3 Å². The highest BCUT2D eigenvalue weighted by atomic mass is 31.2. The molecule has 5 amide bonds. The van der Waals surface area contributed by atoms with E-state index in [0.717, 1.165) is 9.36 Å². The van der Waals surface area contributed by atoms with E-state index in [4.69, 9.17) is 11.5 Å². The van der Waals surface area contributed by atoms with Crippen molar-refractivity contribution < 1.29 is 77.0 Å². The van der Waals surface area contributed by atoms with Crippen LogP contribution in [0.5, 0.6) is 0 Å². The molecule has 0 fully saturated rings. The van der Waals surface area contributed by atoms with Crippen LogP contribution >= 0.6 is 15.2 Å². The Bertz CT molecular complexity index is 2350. The van der Waals surface area contributed by atoms with Crippen molar-refractivity contribution in [1.82, 2.24) is 56.6 Å². The number of aliphatic hydroxyl groups is 1. The molecule has 0 saturated heterocycles. The summed E-state index contributed by atoms with van der Waals surface area (Å²) < 4.78 is 25.1. The zero-order valence-corrected chi connectivity index (χ0v) is 44.2. The lowest BCUT2D eigenvalue weighted by Crippen LogP contribution is -2.48. The molecule has 2 heterocycles. The van der Waals surface area contributed by atoms with Crippen LogP contribution in [0.2, 0.25) is 0 Å². The molecule has 31 heteroatoms. The molecule has 2 aromatic rings. The number of aromatic nitrogens is 6. The monoisotopic (exact) mass is 1090 g/mol. The Kier molecular flexibility index (Phi) is 26.9. The first-order valence-electron chi connectivity index (χ1n) is 23.9. The fraction of sp³-hybridized carbons (Fsp3) is 0.698. The van der Waals surface area contributed by atoms with Crippen molar-refractivity contribution in [2.24, 2.45) is 35.1 Å². The second-order valence-corrected chi connectivity index (χ2v) is 22.0. The average Bonchev–Trinajstić information content (AvgIpc) is 3.99. The number of aliphatic hydroxyl groups excluding tert-OH is 1. The first kappa shape index (κ1) is 64.6. The van der Waals surface area contributed by atoms with E-state index in [0.29, 0.717) is 19.4 Å². The molecule has 0 bridgehead atoms. The highest BCUT2D eigenvalue weighted by Crippen LogP contribution is 2.34. The van der Waals surface area contributed by atoms with Gasteiger partial charge >= 0.3 is 15.2 Å². The van der Waals surface area contributed by atoms with Gasteiger partial charge in [0.25, 0.3) is 0 Å². The molecule has 14 N–H and O–H groups in total. The van der Waals surface area contributed by atoms with Gasteiger partial charge in [0.2, 0.25) is 29.5 Å². The lowest BCUT2D eigenvalue weighted by molar-refractivity contribution is -0.135. The Morgan fingerprint density at radius 2 is 1.04 bits per heavy atom. The van der Waals surface area contributed by atoms with Crippen LogP contribution in [0, 0.1) is 23.7 Å². The average molecular weight is 1090 g/mol. The van der Waals surface area contributed by atoms with Crippen LogP contribution < -0.4 is 38.1 Å². The van der Waals surface area contributed by atoms with Gasteiger partial charge < -0.3 is 62.7 Å². The Morgan fingerprint density at radius 3 is 1.51 bits per heavy atom. The number of Topliss-reactive ketones (excluding diaryl/α,β-unsaturated/α-hetero) is 4. The Labute approximate surface area is 427 Å². The van der Waals surface area contributed by atoms with Crippen LogP contribution in [-0.4, -0.2) is 170 Å². The molecule has 0 aromatic carbocycles. The van der Waals surface area contributed by atoms with Crippen LogP contribution in [0.4, 0.5) is 0 Å². The number of unbranched alkanes of at least 4 members (excludes halogenated alkanes) is 1. The van der Waals surface area contributed by atoms with Gasteiger partial charge in [0.15, 0.2) is 23.1 Å². The second kappa shape index (κ2) is 30.8. The first-order valence-corrected chi connectivity index (χ1v) is 27.5. The topological polar surface area (TPSA) is 463 Å². The number of carbonyl (C=O) groups is 9. The van der Waals surface area contributed by atoms with E-state index >= 15 is 0 Å². The normalized spacial score (nSPS) is 15.5. The third kappa shape index (κ3) is 23.8. The number of ketones is 4. The van der Waals surface area contributed by atoms with Gasteiger partial charge in [-0.2, -0.15) is 0 Å². The first-order chi connectivity index (χ1) is 34.5.